The van der Waals surface area contributed by atoms with Crippen LogP contribution in [0, 0.1) is 0 Å². The van der Waals surface area contributed by atoms with Crippen LogP contribution < -0.4 is 9.44 Å². The van der Waals surface area contributed by atoms with Crippen LogP contribution in [-0.4, -0.2) is 28.3 Å². The van der Waals surface area contributed by atoms with Crippen LogP contribution >= 0.6 is 0 Å². The number of rotatable bonds is 5. The predicted octanol–water partition coefficient (Wildman–Crippen LogP) is 1.33. The summed E-state index contributed by atoms with van der Waals surface area (Å²) in [5.74, 6) is -0.643. The lowest BCUT2D eigenvalue weighted by Crippen LogP contribution is -2.40. The molecule has 23 heavy (non-hydrogen) atoms. The Morgan fingerprint density at radius 3 is 2.22 bits per heavy atom. The summed E-state index contributed by atoms with van der Waals surface area (Å²) in [6, 6.07) is 4.04. The van der Waals surface area contributed by atoms with Crippen molar-refractivity contribution in [3.8, 4) is 0 Å². The fourth-order valence-corrected chi connectivity index (χ4v) is 3.68. The Morgan fingerprint density at radius 1 is 1.17 bits per heavy atom. The Bertz CT molecular complexity index is 845. The molecule has 12 heteroatoms. The van der Waals surface area contributed by atoms with E-state index in [0.29, 0.717) is 4.13 Å². The molecular weight excluding hydrogens is 361 g/mol. The molecule has 128 valence electrons. The lowest BCUT2D eigenvalue weighted by atomic mass is 10.3. The van der Waals surface area contributed by atoms with E-state index in [0.717, 1.165) is 18.2 Å². The minimum Gasteiger partial charge on any atom is -0.322 e. The molecule has 0 spiro atoms. The van der Waals surface area contributed by atoms with Crippen molar-refractivity contribution < 1.29 is 34.8 Å². The van der Waals surface area contributed by atoms with Gasteiger partial charge in [-0.2, -0.15) is 13.2 Å². The van der Waals surface area contributed by atoms with Gasteiger partial charge in [-0.25, -0.2) is 16.8 Å². The number of benzene rings is 1. The molecule has 0 radical (unpaired) electrons. The molecule has 0 unspecified atom stereocenters. The van der Waals surface area contributed by atoms with Gasteiger partial charge in [0.05, 0.1) is 4.90 Å². The van der Waals surface area contributed by atoms with E-state index in [1.54, 1.807) is 0 Å². The summed E-state index contributed by atoms with van der Waals surface area (Å²) in [5, 5.41) is 2.24. The average Bonchev–Trinajstić information content (AvgIpc) is 2.36. The summed E-state index contributed by atoms with van der Waals surface area (Å²) < 4.78 is 82.6. The number of halogens is 3. The van der Waals surface area contributed by atoms with Gasteiger partial charge in [-0.3, -0.25) is 4.79 Å². The average molecular weight is 372 g/mol. The zero-order chi connectivity index (χ0) is 18.1. The molecule has 1 rings (SSSR count). The third-order valence-electron chi connectivity index (χ3n) is 2.31. The first-order valence-electron chi connectivity index (χ1n) is 5.68. The summed E-state index contributed by atoms with van der Waals surface area (Å²) in [4.78, 5) is 10.6. The highest BCUT2D eigenvalue weighted by molar-refractivity contribution is 8.05. The number of anilines is 1. The number of nitrogens with one attached hydrogen (secondary N) is 2. The van der Waals surface area contributed by atoms with Gasteiger partial charge in [0, 0.05) is 11.3 Å². The number of carbonyl (C=O) groups is 1. The van der Waals surface area contributed by atoms with Gasteiger partial charge in [-0.15, -0.1) is 0 Å². The van der Waals surface area contributed by atoms with Crippen LogP contribution in [-0.2, 0) is 24.8 Å². The van der Waals surface area contributed by atoms with Crippen LogP contribution in [0.15, 0.2) is 41.3 Å². The Kier molecular flexibility index (Phi) is 5.23. The minimum atomic E-state index is -6.09. The van der Waals surface area contributed by atoms with Crippen molar-refractivity contribution in [2.75, 3.05) is 5.32 Å². The zero-order valence-electron chi connectivity index (χ0n) is 11.5. The van der Waals surface area contributed by atoms with Crippen LogP contribution in [0.3, 0.4) is 0 Å². The Morgan fingerprint density at radius 2 is 1.74 bits per heavy atom. The van der Waals surface area contributed by atoms with Crippen LogP contribution in [0.1, 0.15) is 6.92 Å². The predicted molar refractivity (Wildman–Crippen MR) is 75.2 cm³/mol. The van der Waals surface area contributed by atoms with Crippen LogP contribution in [0.4, 0.5) is 18.9 Å². The van der Waals surface area contributed by atoms with Gasteiger partial charge < -0.3 is 5.32 Å². The number of alkyl halides is 3. The molecule has 1 amide bonds. The third kappa shape index (κ3) is 4.77. The van der Waals surface area contributed by atoms with Gasteiger partial charge >= 0.3 is 15.5 Å². The van der Waals surface area contributed by atoms with Crippen molar-refractivity contribution >= 4 is 31.6 Å². The topological polar surface area (TPSA) is 109 Å². The van der Waals surface area contributed by atoms with E-state index < -0.39 is 36.4 Å². The van der Waals surface area contributed by atoms with E-state index >= 15 is 0 Å². The molecule has 0 atom stereocenters. The standard InChI is InChI=1S/C11H11F3N2O5S2/c1-7(2)10(17)15-8-4-3-5-9(6-8)22(18,19)16-23(20,21)11(12,13)14/h3-6,16H,1H2,2H3,(H,15,17). The van der Waals surface area contributed by atoms with Gasteiger partial charge in [0.15, 0.2) is 0 Å². The number of amides is 1. The van der Waals surface area contributed by atoms with E-state index in [1.807, 2.05) is 0 Å². The van der Waals surface area contributed by atoms with Gasteiger partial charge in [-0.05, 0) is 25.1 Å². The first-order chi connectivity index (χ1) is 10.3. The summed E-state index contributed by atoms with van der Waals surface area (Å²) in [7, 11) is -11.1. The molecule has 1 aromatic carbocycles. The first-order valence-corrected chi connectivity index (χ1v) is 8.65. The van der Waals surface area contributed by atoms with Gasteiger partial charge in [0.1, 0.15) is 0 Å². The fraction of sp³-hybridized carbons (Fsp3) is 0.182. The SMILES string of the molecule is C=C(C)C(=O)Nc1cccc(S(=O)(=O)NS(=O)(=O)C(F)(F)F)c1. The van der Waals surface area contributed by atoms with Crippen LogP contribution in [0.2, 0.25) is 0 Å². The fourth-order valence-electron chi connectivity index (χ4n) is 1.22. The van der Waals surface area contributed by atoms with Gasteiger partial charge in [0.2, 0.25) is 0 Å². The highest BCUT2D eigenvalue weighted by Gasteiger charge is 2.48. The number of hydrogen-bond donors (Lipinski definition) is 2. The maximum atomic E-state index is 12.2. The number of carbonyl (C=O) groups excluding carboxylic acids is 1. The van der Waals surface area contributed by atoms with Crippen LogP contribution in [0.25, 0.3) is 0 Å². The summed E-state index contributed by atoms with van der Waals surface area (Å²) >= 11 is 0. The zero-order valence-corrected chi connectivity index (χ0v) is 13.1. The second-order valence-corrected chi connectivity index (χ2v) is 7.91. The highest BCUT2D eigenvalue weighted by Crippen LogP contribution is 2.24. The van der Waals surface area contributed by atoms with E-state index in [9.17, 15) is 34.8 Å². The van der Waals surface area contributed by atoms with Crippen molar-refractivity contribution in [1.29, 1.82) is 0 Å². The molecule has 0 heterocycles. The van der Waals surface area contributed by atoms with E-state index in [2.05, 4.69) is 11.9 Å². The quantitative estimate of drug-likeness (QED) is 0.758. The normalized spacial score (nSPS) is 12.7. The molecule has 0 saturated carbocycles. The molecule has 0 saturated heterocycles. The molecule has 7 nitrogen and oxygen atoms in total. The van der Waals surface area contributed by atoms with Crippen LogP contribution in [0.5, 0.6) is 0 Å². The van der Waals surface area contributed by atoms with Crippen molar-refractivity contribution in [2.24, 2.45) is 0 Å². The monoisotopic (exact) mass is 372 g/mol. The molecule has 0 aromatic heterocycles. The van der Waals surface area contributed by atoms with Gasteiger partial charge in [-0.1, -0.05) is 16.8 Å². The largest absolute Gasteiger partial charge is 0.512 e. The Hall–Kier alpha value is -1.92. The summed E-state index contributed by atoms with van der Waals surface area (Å²) in [5.41, 5.74) is -5.74. The third-order valence-corrected chi connectivity index (χ3v) is 5.55. The van der Waals surface area contributed by atoms with Crippen molar-refractivity contribution in [3.05, 3.63) is 36.4 Å². The molecule has 0 bridgehead atoms. The molecule has 0 aliphatic carbocycles. The van der Waals surface area contributed by atoms with Crippen molar-refractivity contribution in [1.82, 2.24) is 4.13 Å². The van der Waals surface area contributed by atoms with E-state index in [4.69, 9.17) is 0 Å². The number of sulfonamides is 2. The molecule has 0 aliphatic heterocycles. The number of hydrogen-bond acceptors (Lipinski definition) is 5. The highest BCUT2D eigenvalue weighted by atomic mass is 32.3. The summed E-state index contributed by atoms with van der Waals surface area (Å²) in [6.07, 6.45) is 0. The Labute approximate surface area is 130 Å². The second-order valence-electron chi connectivity index (χ2n) is 4.30. The molecule has 0 fully saturated rings. The molecule has 1 aromatic rings. The lowest BCUT2D eigenvalue weighted by molar-refractivity contribution is -0.112. The second kappa shape index (κ2) is 6.29. The molecule has 2 N–H and O–H groups in total. The first kappa shape index (κ1) is 19.1. The van der Waals surface area contributed by atoms with Crippen molar-refractivity contribution in [3.63, 3.8) is 0 Å². The molecule has 0 aliphatic rings. The summed E-state index contributed by atoms with van der Waals surface area (Å²) in [6.45, 7) is 4.73. The van der Waals surface area contributed by atoms with E-state index in [-0.39, 0.29) is 11.3 Å². The maximum absolute atomic E-state index is 12.2. The lowest BCUT2D eigenvalue weighted by Gasteiger charge is -2.11. The minimum absolute atomic E-state index is 0.0646. The smallest absolute Gasteiger partial charge is 0.322 e. The maximum Gasteiger partial charge on any atom is 0.512 e. The van der Waals surface area contributed by atoms with Crippen molar-refractivity contribution in [2.45, 2.75) is 17.3 Å². The van der Waals surface area contributed by atoms with E-state index in [1.165, 1.54) is 13.0 Å². The molecular formula is C11H11F3N2O5S2. The Balaban J connectivity index is 3.16. The van der Waals surface area contributed by atoms with Gasteiger partial charge in [0.25, 0.3) is 15.9 Å².